The van der Waals surface area contributed by atoms with E-state index in [0.29, 0.717) is 49.5 Å². The van der Waals surface area contributed by atoms with Crippen molar-refractivity contribution < 1.29 is 18.3 Å². The van der Waals surface area contributed by atoms with Gasteiger partial charge in [0, 0.05) is 44.5 Å². The molecule has 0 aliphatic carbocycles. The van der Waals surface area contributed by atoms with E-state index in [2.05, 4.69) is 0 Å². The van der Waals surface area contributed by atoms with E-state index in [1.54, 1.807) is 6.07 Å². The first-order chi connectivity index (χ1) is 12.0. The SMILES string of the molecule is C[C@@H]1CN(Cc2cccn(C(F)F)c2=O)C[C@H]1C(=O)N1CCOCC1. The fraction of sp³-hybridized carbons (Fsp3) is 0.647. The molecule has 0 N–H and O–H groups in total. The number of ether oxygens (including phenoxy) is 1. The van der Waals surface area contributed by atoms with Crippen LogP contribution < -0.4 is 5.56 Å². The smallest absolute Gasteiger partial charge is 0.321 e. The van der Waals surface area contributed by atoms with Crippen molar-refractivity contribution in [3.8, 4) is 0 Å². The predicted octanol–water partition coefficient (Wildman–Crippen LogP) is 1.17. The largest absolute Gasteiger partial charge is 0.378 e. The number of likely N-dealkylation sites (tertiary alicyclic amines) is 1. The Morgan fingerprint density at radius 2 is 2.04 bits per heavy atom. The Kier molecular flexibility index (Phi) is 5.48. The molecule has 25 heavy (non-hydrogen) atoms. The van der Waals surface area contributed by atoms with Crippen LogP contribution in [0.25, 0.3) is 0 Å². The molecular weight excluding hydrogens is 332 g/mol. The van der Waals surface area contributed by atoms with Gasteiger partial charge in [-0.2, -0.15) is 8.78 Å². The van der Waals surface area contributed by atoms with Crippen molar-refractivity contribution in [2.24, 2.45) is 11.8 Å². The van der Waals surface area contributed by atoms with Crippen molar-refractivity contribution in [3.63, 3.8) is 0 Å². The highest BCUT2D eigenvalue weighted by molar-refractivity contribution is 5.79. The maximum Gasteiger partial charge on any atom is 0.321 e. The number of hydrogen-bond acceptors (Lipinski definition) is 4. The van der Waals surface area contributed by atoms with Gasteiger partial charge in [0.05, 0.1) is 19.1 Å². The molecule has 138 valence electrons. The van der Waals surface area contributed by atoms with Crippen LogP contribution in [-0.2, 0) is 16.1 Å². The second-order valence-corrected chi connectivity index (χ2v) is 6.74. The van der Waals surface area contributed by atoms with Crippen molar-refractivity contribution in [1.82, 2.24) is 14.4 Å². The molecule has 8 heteroatoms. The normalized spacial score (nSPS) is 24.9. The van der Waals surface area contributed by atoms with Crippen LogP contribution in [0.15, 0.2) is 23.1 Å². The van der Waals surface area contributed by atoms with E-state index in [4.69, 9.17) is 4.74 Å². The van der Waals surface area contributed by atoms with Crippen molar-refractivity contribution in [2.75, 3.05) is 39.4 Å². The van der Waals surface area contributed by atoms with Gasteiger partial charge in [0.1, 0.15) is 0 Å². The second kappa shape index (κ2) is 7.61. The van der Waals surface area contributed by atoms with Gasteiger partial charge in [0.2, 0.25) is 5.91 Å². The van der Waals surface area contributed by atoms with E-state index in [-0.39, 0.29) is 24.3 Å². The van der Waals surface area contributed by atoms with Crippen LogP contribution in [0.2, 0.25) is 0 Å². The Balaban J connectivity index is 1.67. The number of halogens is 2. The molecule has 1 aromatic heterocycles. The minimum absolute atomic E-state index is 0.122. The molecule has 0 saturated carbocycles. The third-order valence-electron chi connectivity index (χ3n) is 4.99. The van der Waals surface area contributed by atoms with Gasteiger partial charge in [-0.15, -0.1) is 0 Å². The number of nitrogens with zero attached hydrogens (tertiary/aromatic N) is 3. The molecule has 0 radical (unpaired) electrons. The molecule has 1 amide bonds. The molecule has 6 nitrogen and oxygen atoms in total. The lowest BCUT2D eigenvalue weighted by Crippen LogP contribution is -2.45. The summed E-state index contributed by atoms with van der Waals surface area (Å²) in [5.41, 5.74) is -0.345. The van der Waals surface area contributed by atoms with E-state index in [0.717, 1.165) is 6.20 Å². The molecule has 0 unspecified atom stereocenters. The monoisotopic (exact) mass is 355 g/mol. The van der Waals surface area contributed by atoms with Gasteiger partial charge in [-0.1, -0.05) is 13.0 Å². The van der Waals surface area contributed by atoms with Crippen molar-refractivity contribution in [3.05, 3.63) is 34.2 Å². The highest BCUT2D eigenvalue weighted by Gasteiger charge is 2.37. The standard InChI is InChI=1S/C17H23F2N3O3/c1-12-9-20(10-13-3-2-4-22(15(13)23)17(18)19)11-14(12)16(24)21-5-7-25-8-6-21/h2-4,12,14,17H,5-11H2,1H3/t12-,14-/m1/s1. The highest BCUT2D eigenvalue weighted by Crippen LogP contribution is 2.26. The van der Waals surface area contributed by atoms with E-state index in [1.165, 1.54) is 6.07 Å². The van der Waals surface area contributed by atoms with Gasteiger partial charge in [-0.3, -0.25) is 19.1 Å². The number of pyridine rings is 1. The first-order valence-electron chi connectivity index (χ1n) is 8.54. The number of morpholine rings is 1. The Hall–Kier alpha value is -1.80. The van der Waals surface area contributed by atoms with Crippen LogP contribution in [0.3, 0.4) is 0 Å². The summed E-state index contributed by atoms with van der Waals surface area (Å²) in [7, 11) is 0. The third kappa shape index (κ3) is 3.90. The van der Waals surface area contributed by atoms with Gasteiger partial charge in [0.25, 0.3) is 5.56 Å². The van der Waals surface area contributed by atoms with Crippen LogP contribution in [0.5, 0.6) is 0 Å². The number of carbonyl (C=O) groups excluding carboxylic acids is 1. The lowest BCUT2D eigenvalue weighted by atomic mass is 9.96. The minimum atomic E-state index is -2.85. The Morgan fingerprint density at radius 1 is 1.32 bits per heavy atom. The molecule has 2 aliphatic heterocycles. The average molecular weight is 355 g/mol. The Bertz CT molecular complexity index is 673. The molecule has 1 aromatic rings. The van der Waals surface area contributed by atoms with Crippen molar-refractivity contribution in [1.29, 1.82) is 0 Å². The molecule has 2 aliphatic rings. The molecule has 3 heterocycles. The minimum Gasteiger partial charge on any atom is -0.378 e. The quantitative estimate of drug-likeness (QED) is 0.814. The van der Waals surface area contributed by atoms with Gasteiger partial charge in [0.15, 0.2) is 0 Å². The summed E-state index contributed by atoms with van der Waals surface area (Å²) < 4.78 is 31.4. The number of amides is 1. The highest BCUT2D eigenvalue weighted by atomic mass is 19.3. The van der Waals surface area contributed by atoms with E-state index < -0.39 is 12.1 Å². The van der Waals surface area contributed by atoms with Crippen molar-refractivity contribution >= 4 is 5.91 Å². The predicted molar refractivity (Wildman–Crippen MR) is 87.3 cm³/mol. The fourth-order valence-electron chi connectivity index (χ4n) is 3.61. The molecule has 3 rings (SSSR count). The fourth-order valence-corrected chi connectivity index (χ4v) is 3.61. The number of carbonyl (C=O) groups is 1. The lowest BCUT2D eigenvalue weighted by Gasteiger charge is -2.30. The Labute approximate surface area is 145 Å². The maximum absolute atomic E-state index is 12.8. The summed E-state index contributed by atoms with van der Waals surface area (Å²) in [4.78, 5) is 28.6. The first kappa shape index (κ1) is 18.0. The maximum atomic E-state index is 12.8. The number of aromatic nitrogens is 1. The zero-order valence-corrected chi connectivity index (χ0v) is 14.2. The van der Waals surface area contributed by atoms with E-state index in [1.807, 2.05) is 16.7 Å². The summed E-state index contributed by atoms with van der Waals surface area (Å²) in [6.45, 7) is 3.01. The van der Waals surface area contributed by atoms with Crippen LogP contribution in [0, 0.1) is 11.8 Å². The van der Waals surface area contributed by atoms with Crippen LogP contribution in [0.4, 0.5) is 8.78 Å². The summed E-state index contributed by atoms with van der Waals surface area (Å²) in [5.74, 6) is 0.159. The van der Waals surface area contributed by atoms with Gasteiger partial charge < -0.3 is 9.64 Å². The molecule has 0 aromatic carbocycles. The average Bonchev–Trinajstić information content (AvgIpc) is 2.97. The molecule has 2 saturated heterocycles. The molecule has 2 fully saturated rings. The van der Waals surface area contributed by atoms with Crippen LogP contribution in [0.1, 0.15) is 19.0 Å². The molecule has 2 atom stereocenters. The molecular formula is C17H23F2N3O3. The zero-order valence-electron chi connectivity index (χ0n) is 14.2. The van der Waals surface area contributed by atoms with Crippen molar-refractivity contribution in [2.45, 2.75) is 20.0 Å². The number of hydrogen-bond donors (Lipinski definition) is 0. The Morgan fingerprint density at radius 3 is 2.72 bits per heavy atom. The molecule has 0 bridgehead atoms. The zero-order chi connectivity index (χ0) is 18.0. The van der Waals surface area contributed by atoms with E-state index >= 15 is 0 Å². The number of alkyl halides is 2. The van der Waals surface area contributed by atoms with Gasteiger partial charge in [-0.05, 0) is 12.0 Å². The first-order valence-corrected chi connectivity index (χ1v) is 8.54. The summed E-state index contributed by atoms with van der Waals surface area (Å²) in [5, 5.41) is 0. The van der Waals surface area contributed by atoms with Gasteiger partial charge in [-0.25, -0.2) is 0 Å². The van der Waals surface area contributed by atoms with E-state index in [9.17, 15) is 18.4 Å². The third-order valence-corrected chi connectivity index (χ3v) is 4.99. The summed E-state index contributed by atoms with van der Waals surface area (Å²) in [6, 6.07) is 3.03. The van der Waals surface area contributed by atoms with Crippen LogP contribution >= 0.6 is 0 Å². The topological polar surface area (TPSA) is 54.8 Å². The summed E-state index contributed by atoms with van der Waals surface area (Å²) in [6.07, 6.45) is 1.09. The second-order valence-electron chi connectivity index (χ2n) is 6.74. The molecule has 0 spiro atoms. The van der Waals surface area contributed by atoms with Gasteiger partial charge >= 0.3 is 6.55 Å². The number of rotatable bonds is 4. The summed E-state index contributed by atoms with van der Waals surface area (Å²) >= 11 is 0. The van der Waals surface area contributed by atoms with Crippen LogP contribution in [-0.4, -0.2) is 59.7 Å². The lowest BCUT2D eigenvalue weighted by molar-refractivity contribution is -0.140.